The van der Waals surface area contributed by atoms with Gasteiger partial charge >= 0.3 is 0 Å². The van der Waals surface area contributed by atoms with Crippen LogP contribution in [0.3, 0.4) is 0 Å². The summed E-state index contributed by atoms with van der Waals surface area (Å²) in [4.78, 5) is 40.8. The zero-order chi connectivity index (χ0) is 22.2. The molecule has 0 aromatic heterocycles. The van der Waals surface area contributed by atoms with Crippen LogP contribution in [0.4, 0.5) is 0 Å². The van der Waals surface area contributed by atoms with E-state index in [4.69, 9.17) is 10.5 Å². The van der Waals surface area contributed by atoms with Crippen LogP contribution in [0.2, 0.25) is 0 Å². The second kappa shape index (κ2) is 8.92. The Labute approximate surface area is 188 Å². The van der Waals surface area contributed by atoms with Crippen LogP contribution in [0.15, 0.2) is 18.2 Å². The van der Waals surface area contributed by atoms with Gasteiger partial charge in [-0.15, -0.1) is 0 Å². The van der Waals surface area contributed by atoms with Gasteiger partial charge in [0.1, 0.15) is 6.04 Å². The molecule has 4 heterocycles. The number of nitrogens with zero attached hydrogens (tertiary/aromatic N) is 2. The highest BCUT2D eigenvalue weighted by molar-refractivity contribution is 6.05. The molecule has 4 aliphatic heterocycles. The smallest absolute Gasteiger partial charge is 0.255 e. The number of nitrogens with one attached hydrogen (secondary N) is 1. The van der Waals surface area contributed by atoms with Gasteiger partial charge < -0.3 is 15.4 Å². The van der Waals surface area contributed by atoms with Crippen molar-refractivity contribution in [1.82, 2.24) is 15.1 Å². The quantitative estimate of drug-likeness (QED) is 0.681. The van der Waals surface area contributed by atoms with Gasteiger partial charge in [-0.05, 0) is 68.3 Å². The van der Waals surface area contributed by atoms with Crippen molar-refractivity contribution in [1.29, 1.82) is 0 Å². The van der Waals surface area contributed by atoms with Crippen molar-refractivity contribution in [2.45, 2.75) is 69.8 Å². The lowest BCUT2D eigenvalue weighted by atomic mass is 9.86. The molecule has 0 radical (unpaired) electrons. The molecule has 32 heavy (non-hydrogen) atoms. The van der Waals surface area contributed by atoms with E-state index in [1.807, 2.05) is 12.1 Å². The number of ether oxygens (including phenoxy) is 1. The first-order valence-corrected chi connectivity index (χ1v) is 11.8. The molecule has 8 heteroatoms. The number of carbonyl (C=O) groups is 3. The largest absolute Gasteiger partial charge is 0.378 e. The Balaban J connectivity index is 1.18. The molecule has 0 spiro atoms. The maximum Gasteiger partial charge on any atom is 0.255 e. The molecule has 3 amide bonds. The van der Waals surface area contributed by atoms with Crippen LogP contribution in [-0.2, 0) is 27.4 Å². The van der Waals surface area contributed by atoms with Crippen LogP contribution in [0, 0.1) is 5.92 Å². The molecular formula is C24H32N4O4. The van der Waals surface area contributed by atoms with Gasteiger partial charge in [-0.1, -0.05) is 12.1 Å². The molecule has 3 unspecified atom stereocenters. The van der Waals surface area contributed by atoms with E-state index < -0.39 is 6.04 Å². The number of nitrogens with two attached hydrogens (primary N) is 1. The summed E-state index contributed by atoms with van der Waals surface area (Å²) in [5, 5.41) is 2.35. The van der Waals surface area contributed by atoms with Crippen molar-refractivity contribution < 1.29 is 19.1 Å². The molecule has 0 aliphatic carbocycles. The van der Waals surface area contributed by atoms with Crippen molar-refractivity contribution in [2.24, 2.45) is 11.7 Å². The summed E-state index contributed by atoms with van der Waals surface area (Å²) >= 11 is 0. The molecule has 8 nitrogen and oxygen atoms in total. The third-order valence-corrected chi connectivity index (χ3v) is 7.51. The van der Waals surface area contributed by atoms with Crippen molar-refractivity contribution in [3.63, 3.8) is 0 Å². The number of carbonyl (C=O) groups excluding carboxylic acids is 3. The highest BCUT2D eigenvalue weighted by atomic mass is 16.5. The van der Waals surface area contributed by atoms with Gasteiger partial charge in [0.25, 0.3) is 5.91 Å². The molecule has 3 N–H and O–H groups in total. The van der Waals surface area contributed by atoms with E-state index in [0.717, 1.165) is 63.1 Å². The van der Waals surface area contributed by atoms with E-state index in [1.165, 1.54) is 0 Å². The Hall–Kier alpha value is -2.29. The minimum absolute atomic E-state index is 0.110. The Bertz CT molecular complexity index is 911. The molecule has 3 fully saturated rings. The summed E-state index contributed by atoms with van der Waals surface area (Å²) in [6, 6.07) is 5.80. The average Bonchev–Trinajstić information content (AvgIpc) is 3.10. The van der Waals surface area contributed by atoms with Crippen LogP contribution >= 0.6 is 0 Å². The van der Waals surface area contributed by atoms with E-state index in [-0.39, 0.29) is 30.2 Å². The number of amides is 3. The standard InChI is InChI=1S/C24H32N4O4/c25-18-7-10-32-21(12-18)16-5-8-27(9-6-16)13-15-1-2-17-14-28(24(31)19(17)11-15)20-3-4-22(29)26-23(20)30/h1-2,11,16,18,20-21H,3-10,12-14,25H2,(H,26,29,30). The van der Waals surface area contributed by atoms with Crippen LogP contribution in [-0.4, -0.2) is 65.4 Å². The summed E-state index contributed by atoms with van der Waals surface area (Å²) in [5.74, 6) is -0.158. The average molecular weight is 441 g/mol. The zero-order valence-electron chi connectivity index (χ0n) is 18.4. The minimum Gasteiger partial charge on any atom is -0.378 e. The molecule has 0 saturated carbocycles. The summed E-state index contributed by atoms with van der Waals surface area (Å²) in [6.07, 6.45) is 5.14. The number of imide groups is 1. The first kappa shape index (κ1) is 21.6. The van der Waals surface area contributed by atoms with Crippen LogP contribution in [0.5, 0.6) is 0 Å². The van der Waals surface area contributed by atoms with Crippen molar-refractivity contribution in [3.8, 4) is 0 Å². The third kappa shape index (κ3) is 4.31. The van der Waals surface area contributed by atoms with Gasteiger partial charge in [0, 0.05) is 37.7 Å². The molecular weight excluding hydrogens is 408 g/mol. The Morgan fingerprint density at radius 3 is 2.66 bits per heavy atom. The summed E-state index contributed by atoms with van der Waals surface area (Å²) in [7, 11) is 0. The fourth-order valence-electron chi connectivity index (χ4n) is 5.62. The number of hydrogen-bond acceptors (Lipinski definition) is 6. The van der Waals surface area contributed by atoms with E-state index in [2.05, 4.69) is 16.3 Å². The zero-order valence-corrected chi connectivity index (χ0v) is 18.4. The van der Waals surface area contributed by atoms with Gasteiger partial charge in [-0.25, -0.2) is 0 Å². The summed E-state index contributed by atoms with van der Waals surface area (Å²) < 4.78 is 5.99. The van der Waals surface area contributed by atoms with Crippen LogP contribution in [0.1, 0.15) is 60.0 Å². The van der Waals surface area contributed by atoms with Crippen molar-refractivity contribution >= 4 is 17.7 Å². The lowest BCUT2D eigenvalue weighted by molar-refractivity contribution is -0.136. The molecule has 172 valence electrons. The maximum atomic E-state index is 13.0. The molecule has 3 atom stereocenters. The van der Waals surface area contributed by atoms with E-state index >= 15 is 0 Å². The molecule has 1 aromatic carbocycles. The number of benzene rings is 1. The van der Waals surface area contributed by atoms with Crippen molar-refractivity contribution in [3.05, 3.63) is 34.9 Å². The summed E-state index contributed by atoms with van der Waals surface area (Å²) in [6.45, 7) is 4.07. The number of rotatable bonds is 4. The third-order valence-electron chi connectivity index (χ3n) is 7.51. The normalized spacial score (nSPS) is 29.8. The molecule has 0 bridgehead atoms. The number of likely N-dealkylation sites (tertiary alicyclic amines) is 1. The molecule has 1 aromatic rings. The Kier molecular flexibility index (Phi) is 6.01. The molecule has 3 saturated heterocycles. The minimum atomic E-state index is -0.565. The molecule has 4 aliphatic rings. The van der Waals surface area contributed by atoms with Gasteiger partial charge in [0.15, 0.2) is 0 Å². The van der Waals surface area contributed by atoms with Gasteiger partial charge in [-0.3, -0.25) is 24.6 Å². The second-order valence-electron chi connectivity index (χ2n) is 9.70. The number of fused-ring (bicyclic) bond motifs is 1. The molecule has 5 rings (SSSR count). The first-order valence-electron chi connectivity index (χ1n) is 11.8. The highest BCUT2D eigenvalue weighted by Crippen LogP contribution is 2.31. The predicted molar refractivity (Wildman–Crippen MR) is 117 cm³/mol. The number of hydrogen-bond donors (Lipinski definition) is 2. The van der Waals surface area contributed by atoms with E-state index in [9.17, 15) is 14.4 Å². The van der Waals surface area contributed by atoms with E-state index in [1.54, 1.807) is 4.90 Å². The Morgan fingerprint density at radius 1 is 1.09 bits per heavy atom. The number of piperidine rings is 2. The lowest BCUT2D eigenvalue weighted by Gasteiger charge is -2.38. The Morgan fingerprint density at radius 2 is 1.91 bits per heavy atom. The van der Waals surface area contributed by atoms with Gasteiger partial charge in [0.2, 0.25) is 11.8 Å². The fourth-order valence-corrected chi connectivity index (χ4v) is 5.62. The maximum absolute atomic E-state index is 13.0. The SMILES string of the molecule is NC1CCOC(C2CCN(Cc3ccc4c(c3)C(=O)N(C3CCC(=O)NC3=O)C4)CC2)C1. The summed E-state index contributed by atoms with van der Waals surface area (Å²) in [5.41, 5.74) is 8.89. The van der Waals surface area contributed by atoms with Crippen LogP contribution < -0.4 is 11.1 Å². The van der Waals surface area contributed by atoms with Gasteiger partial charge in [0.05, 0.1) is 6.10 Å². The van der Waals surface area contributed by atoms with Crippen molar-refractivity contribution in [2.75, 3.05) is 19.7 Å². The fraction of sp³-hybridized carbons (Fsp3) is 0.625. The van der Waals surface area contributed by atoms with Gasteiger partial charge in [-0.2, -0.15) is 0 Å². The van der Waals surface area contributed by atoms with Crippen LogP contribution in [0.25, 0.3) is 0 Å². The van der Waals surface area contributed by atoms with E-state index in [0.29, 0.717) is 30.6 Å². The monoisotopic (exact) mass is 440 g/mol. The lowest BCUT2D eigenvalue weighted by Crippen LogP contribution is -2.52. The first-order chi connectivity index (χ1) is 15.5. The second-order valence-corrected chi connectivity index (χ2v) is 9.70. The topological polar surface area (TPSA) is 105 Å². The predicted octanol–water partition coefficient (Wildman–Crippen LogP) is 1.17. The highest BCUT2D eigenvalue weighted by Gasteiger charge is 2.39.